The standard InChI is InChI=1S/C14H16N4O3/c1-7-13(8(2)18(3)17-7)16-14(19)9-4-11-12(5-10(9)15)21-6-20-11/h4-5H,6,15H2,1-3H3,(H,16,19). The summed E-state index contributed by atoms with van der Waals surface area (Å²) in [6, 6.07) is 3.19. The van der Waals surface area contributed by atoms with Crippen LogP contribution in [0.5, 0.6) is 11.5 Å². The van der Waals surface area contributed by atoms with E-state index in [2.05, 4.69) is 10.4 Å². The molecule has 1 aliphatic heterocycles. The Morgan fingerprint density at radius 2 is 2.00 bits per heavy atom. The summed E-state index contributed by atoms with van der Waals surface area (Å²) in [5.74, 6) is 0.775. The molecule has 0 fully saturated rings. The second kappa shape index (κ2) is 4.69. The molecule has 1 amide bonds. The molecule has 0 saturated carbocycles. The molecule has 1 aliphatic rings. The Bertz CT molecular complexity index is 736. The molecule has 2 aromatic rings. The summed E-state index contributed by atoms with van der Waals surface area (Å²) in [6.07, 6.45) is 0. The Hall–Kier alpha value is -2.70. The lowest BCUT2D eigenvalue weighted by Gasteiger charge is -2.09. The minimum absolute atomic E-state index is 0.140. The van der Waals surface area contributed by atoms with Crippen LogP contribution in [0.15, 0.2) is 12.1 Å². The molecule has 110 valence electrons. The molecule has 21 heavy (non-hydrogen) atoms. The maximum absolute atomic E-state index is 12.4. The lowest BCUT2D eigenvalue weighted by Crippen LogP contribution is -2.15. The number of hydrogen-bond acceptors (Lipinski definition) is 5. The number of fused-ring (bicyclic) bond motifs is 1. The highest BCUT2D eigenvalue weighted by Gasteiger charge is 2.21. The van der Waals surface area contributed by atoms with Crippen molar-refractivity contribution in [2.75, 3.05) is 17.8 Å². The molecule has 0 aliphatic carbocycles. The highest BCUT2D eigenvalue weighted by molar-refractivity contribution is 6.08. The van der Waals surface area contributed by atoms with Crippen molar-refractivity contribution in [3.8, 4) is 11.5 Å². The Morgan fingerprint density at radius 3 is 2.62 bits per heavy atom. The van der Waals surface area contributed by atoms with E-state index in [9.17, 15) is 4.79 Å². The van der Waals surface area contributed by atoms with Gasteiger partial charge in [0.25, 0.3) is 5.91 Å². The number of benzene rings is 1. The summed E-state index contributed by atoms with van der Waals surface area (Å²) in [7, 11) is 1.83. The van der Waals surface area contributed by atoms with E-state index >= 15 is 0 Å². The highest BCUT2D eigenvalue weighted by Crippen LogP contribution is 2.36. The van der Waals surface area contributed by atoms with Crippen LogP contribution in [0.25, 0.3) is 0 Å². The van der Waals surface area contributed by atoms with E-state index < -0.39 is 0 Å². The van der Waals surface area contributed by atoms with E-state index in [-0.39, 0.29) is 12.7 Å². The normalized spacial score (nSPS) is 12.5. The number of aryl methyl sites for hydroxylation is 2. The molecule has 3 N–H and O–H groups in total. The van der Waals surface area contributed by atoms with Gasteiger partial charge in [0.15, 0.2) is 11.5 Å². The summed E-state index contributed by atoms with van der Waals surface area (Å²) < 4.78 is 12.2. The number of amides is 1. The van der Waals surface area contributed by atoms with Crippen molar-refractivity contribution < 1.29 is 14.3 Å². The fourth-order valence-electron chi connectivity index (χ4n) is 2.29. The van der Waals surface area contributed by atoms with E-state index in [0.717, 1.165) is 11.4 Å². The average Bonchev–Trinajstić information content (AvgIpc) is 2.97. The van der Waals surface area contributed by atoms with Crippen molar-refractivity contribution in [2.45, 2.75) is 13.8 Å². The predicted molar refractivity (Wildman–Crippen MR) is 77.6 cm³/mol. The SMILES string of the molecule is Cc1nn(C)c(C)c1NC(=O)c1cc2c(cc1N)OCO2. The largest absolute Gasteiger partial charge is 0.454 e. The van der Waals surface area contributed by atoms with Gasteiger partial charge in [-0.1, -0.05) is 0 Å². The van der Waals surface area contributed by atoms with Crippen molar-refractivity contribution in [3.05, 3.63) is 29.1 Å². The van der Waals surface area contributed by atoms with Gasteiger partial charge in [0, 0.05) is 18.8 Å². The van der Waals surface area contributed by atoms with Gasteiger partial charge in [-0.2, -0.15) is 5.10 Å². The molecule has 0 saturated heterocycles. The smallest absolute Gasteiger partial charge is 0.257 e. The average molecular weight is 288 g/mol. The van der Waals surface area contributed by atoms with E-state index in [1.54, 1.807) is 16.8 Å². The van der Waals surface area contributed by atoms with Crippen LogP contribution in [-0.4, -0.2) is 22.5 Å². The third-order valence-corrected chi connectivity index (χ3v) is 3.54. The summed E-state index contributed by atoms with van der Waals surface area (Å²) >= 11 is 0. The highest BCUT2D eigenvalue weighted by atomic mass is 16.7. The molecule has 0 unspecified atom stereocenters. The van der Waals surface area contributed by atoms with Gasteiger partial charge in [0.05, 0.1) is 22.6 Å². The Kier molecular flexibility index (Phi) is 2.97. The Morgan fingerprint density at radius 1 is 1.33 bits per heavy atom. The van der Waals surface area contributed by atoms with Crippen molar-refractivity contribution >= 4 is 17.3 Å². The maximum atomic E-state index is 12.4. The topological polar surface area (TPSA) is 91.4 Å². The third-order valence-electron chi connectivity index (χ3n) is 3.54. The molecule has 0 spiro atoms. The van der Waals surface area contributed by atoms with E-state index in [1.165, 1.54) is 0 Å². The van der Waals surface area contributed by atoms with Gasteiger partial charge in [-0.3, -0.25) is 9.48 Å². The first-order valence-corrected chi connectivity index (χ1v) is 6.48. The van der Waals surface area contributed by atoms with Crippen molar-refractivity contribution in [2.24, 2.45) is 7.05 Å². The zero-order chi connectivity index (χ0) is 15.1. The van der Waals surface area contributed by atoms with E-state index in [4.69, 9.17) is 15.2 Å². The van der Waals surface area contributed by atoms with Crippen LogP contribution in [0.2, 0.25) is 0 Å². The van der Waals surface area contributed by atoms with Crippen LogP contribution in [0.1, 0.15) is 21.7 Å². The second-order valence-electron chi connectivity index (χ2n) is 4.92. The number of ether oxygens (including phenoxy) is 2. The van der Waals surface area contributed by atoms with Gasteiger partial charge in [0.2, 0.25) is 6.79 Å². The zero-order valence-electron chi connectivity index (χ0n) is 12.1. The zero-order valence-corrected chi connectivity index (χ0v) is 12.1. The number of rotatable bonds is 2. The number of carbonyl (C=O) groups excluding carboxylic acids is 1. The molecule has 1 aromatic heterocycles. The van der Waals surface area contributed by atoms with Crippen molar-refractivity contribution in [1.82, 2.24) is 9.78 Å². The van der Waals surface area contributed by atoms with Gasteiger partial charge < -0.3 is 20.5 Å². The minimum atomic E-state index is -0.301. The predicted octanol–water partition coefficient (Wildman–Crippen LogP) is 1.60. The molecule has 3 rings (SSSR count). The number of nitrogens with two attached hydrogens (primary N) is 1. The van der Waals surface area contributed by atoms with E-state index in [0.29, 0.717) is 28.4 Å². The Labute approximate surface area is 121 Å². The molecular weight excluding hydrogens is 272 g/mol. The number of nitrogen functional groups attached to an aromatic ring is 1. The van der Waals surface area contributed by atoms with Gasteiger partial charge in [-0.15, -0.1) is 0 Å². The van der Waals surface area contributed by atoms with E-state index in [1.807, 2.05) is 20.9 Å². The number of nitrogens with zero attached hydrogens (tertiary/aromatic N) is 2. The summed E-state index contributed by atoms with van der Waals surface area (Å²) in [4.78, 5) is 12.4. The van der Waals surface area contributed by atoms with Crippen LogP contribution in [0.4, 0.5) is 11.4 Å². The lowest BCUT2D eigenvalue weighted by molar-refractivity contribution is 0.102. The molecule has 0 atom stereocenters. The lowest BCUT2D eigenvalue weighted by atomic mass is 10.1. The van der Waals surface area contributed by atoms with Crippen molar-refractivity contribution in [1.29, 1.82) is 0 Å². The molecule has 0 radical (unpaired) electrons. The number of hydrogen-bond donors (Lipinski definition) is 2. The van der Waals surface area contributed by atoms with Crippen LogP contribution in [0, 0.1) is 13.8 Å². The fourth-order valence-corrected chi connectivity index (χ4v) is 2.29. The van der Waals surface area contributed by atoms with Crippen LogP contribution < -0.4 is 20.5 Å². The first-order chi connectivity index (χ1) is 9.97. The number of anilines is 2. The molecule has 1 aromatic carbocycles. The number of aromatic nitrogens is 2. The van der Waals surface area contributed by atoms with Crippen LogP contribution in [-0.2, 0) is 7.05 Å². The third kappa shape index (κ3) is 2.16. The molecule has 2 heterocycles. The van der Waals surface area contributed by atoms with Gasteiger partial charge in [-0.25, -0.2) is 0 Å². The Balaban J connectivity index is 1.92. The monoisotopic (exact) mass is 288 g/mol. The van der Waals surface area contributed by atoms with Crippen LogP contribution in [0.3, 0.4) is 0 Å². The number of nitrogens with one attached hydrogen (secondary N) is 1. The van der Waals surface area contributed by atoms with Crippen molar-refractivity contribution in [3.63, 3.8) is 0 Å². The molecule has 7 heteroatoms. The molecule has 7 nitrogen and oxygen atoms in total. The first-order valence-electron chi connectivity index (χ1n) is 6.48. The fraction of sp³-hybridized carbons (Fsp3) is 0.286. The maximum Gasteiger partial charge on any atom is 0.257 e. The van der Waals surface area contributed by atoms with Crippen LogP contribution >= 0.6 is 0 Å². The molecule has 0 bridgehead atoms. The summed E-state index contributed by atoms with van der Waals surface area (Å²) in [5.41, 5.74) is 8.93. The van der Waals surface area contributed by atoms with Gasteiger partial charge in [0.1, 0.15) is 0 Å². The summed E-state index contributed by atoms with van der Waals surface area (Å²) in [5, 5.41) is 7.11. The van der Waals surface area contributed by atoms with Gasteiger partial charge >= 0.3 is 0 Å². The van der Waals surface area contributed by atoms with Gasteiger partial charge in [-0.05, 0) is 19.9 Å². The minimum Gasteiger partial charge on any atom is -0.454 e. The second-order valence-corrected chi connectivity index (χ2v) is 4.92. The molecular formula is C14H16N4O3. The summed E-state index contributed by atoms with van der Waals surface area (Å²) in [6.45, 7) is 3.87. The first kappa shape index (κ1) is 13.3. The number of carbonyl (C=O) groups is 1. The quantitative estimate of drug-likeness (QED) is 0.819.